The zero-order chi connectivity index (χ0) is 19.7. The Morgan fingerprint density at radius 3 is 2.68 bits per heavy atom. The Kier molecular flexibility index (Phi) is 5.07. The first-order valence-electron chi connectivity index (χ1n) is 9.89. The van der Waals surface area contributed by atoms with Crippen molar-refractivity contribution in [3.63, 3.8) is 0 Å². The molecular weight excluding hydrogens is 358 g/mol. The Balaban J connectivity index is 1.52. The van der Waals surface area contributed by atoms with Crippen LogP contribution in [0.2, 0.25) is 0 Å². The number of carboxylic acids is 1. The fraction of sp³-hybridized carbons (Fsp3) is 0.476. The highest BCUT2D eigenvalue weighted by molar-refractivity contribution is 5.88. The Morgan fingerprint density at radius 1 is 1.29 bits per heavy atom. The highest BCUT2D eigenvalue weighted by Gasteiger charge is 2.34. The number of benzene rings is 1. The molecule has 0 radical (unpaired) electrons. The Morgan fingerprint density at radius 2 is 2.04 bits per heavy atom. The summed E-state index contributed by atoms with van der Waals surface area (Å²) in [4.78, 5) is 26.4. The van der Waals surface area contributed by atoms with Gasteiger partial charge < -0.3 is 14.7 Å². The maximum atomic E-state index is 13.0. The van der Waals surface area contributed by atoms with E-state index in [0.717, 1.165) is 12.2 Å². The molecule has 7 nitrogen and oxygen atoms in total. The second kappa shape index (κ2) is 7.66. The monoisotopic (exact) mass is 383 g/mol. The molecule has 1 aliphatic carbocycles. The number of carbonyl (C=O) groups excluding carboxylic acids is 1. The summed E-state index contributed by atoms with van der Waals surface area (Å²) in [6, 6.07) is 9.29. The lowest BCUT2D eigenvalue weighted by Gasteiger charge is -2.30. The van der Waals surface area contributed by atoms with Gasteiger partial charge in [-0.3, -0.25) is 9.48 Å². The van der Waals surface area contributed by atoms with E-state index in [-0.39, 0.29) is 18.1 Å². The summed E-state index contributed by atoms with van der Waals surface area (Å²) in [5, 5.41) is 13.9. The number of para-hydroxylation sites is 1. The summed E-state index contributed by atoms with van der Waals surface area (Å²) in [5.41, 5.74) is 1.71. The molecule has 1 aromatic heterocycles. The van der Waals surface area contributed by atoms with Crippen molar-refractivity contribution >= 4 is 11.9 Å². The number of carboxylic acid groups (broad SMARTS) is 1. The first-order valence-corrected chi connectivity index (χ1v) is 9.89. The average Bonchev–Trinajstić information content (AvgIpc) is 3.45. The smallest absolute Gasteiger partial charge is 0.356 e. The molecule has 2 aromatic rings. The van der Waals surface area contributed by atoms with Gasteiger partial charge >= 0.3 is 5.97 Å². The van der Waals surface area contributed by atoms with Crippen molar-refractivity contribution < 1.29 is 19.4 Å². The van der Waals surface area contributed by atoms with Gasteiger partial charge in [-0.05, 0) is 37.3 Å². The van der Waals surface area contributed by atoms with E-state index in [4.69, 9.17) is 4.74 Å². The van der Waals surface area contributed by atoms with Gasteiger partial charge in [0, 0.05) is 30.8 Å². The van der Waals surface area contributed by atoms with Crippen molar-refractivity contribution in [2.75, 3.05) is 6.54 Å². The molecule has 1 fully saturated rings. The molecule has 2 aliphatic rings. The minimum Gasteiger partial charge on any atom is -0.481 e. The lowest BCUT2D eigenvalue weighted by Crippen LogP contribution is -2.44. The van der Waals surface area contributed by atoms with Crippen molar-refractivity contribution in [1.82, 2.24) is 14.7 Å². The molecular formula is C21H25N3O4. The summed E-state index contributed by atoms with van der Waals surface area (Å²) in [6.45, 7) is 3.51. The molecule has 148 valence electrons. The highest BCUT2D eigenvalue weighted by atomic mass is 16.5. The summed E-state index contributed by atoms with van der Waals surface area (Å²) >= 11 is 0. The van der Waals surface area contributed by atoms with Crippen molar-refractivity contribution in [3.05, 3.63) is 47.3 Å². The summed E-state index contributed by atoms with van der Waals surface area (Å²) in [5.74, 6) is 0.119. The summed E-state index contributed by atoms with van der Waals surface area (Å²) < 4.78 is 7.74. The Labute approximate surface area is 163 Å². The third kappa shape index (κ3) is 3.74. The largest absolute Gasteiger partial charge is 0.481 e. The lowest BCUT2D eigenvalue weighted by molar-refractivity contribution is -0.139. The number of carbonyl (C=O) groups is 2. The second-order valence-corrected chi connectivity index (χ2v) is 7.54. The molecule has 1 amide bonds. The maximum Gasteiger partial charge on any atom is 0.356 e. The van der Waals surface area contributed by atoms with Crippen LogP contribution in [0.25, 0.3) is 0 Å². The van der Waals surface area contributed by atoms with Crippen LogP contribution in [0.4, 0.5) is 0 Å². The summed E-state index contributed by atoms with van der Waals surface area (Å²) in [7, 11) is 0. The quantitative estimate of drug-likeness (QED) is 0.795. The van der Waals surface area contributed by atoms with Crippen LogP contribution >= 0.6 is 0 Å². The van der Waals surface area contributed by atoms with Gasteiger partial charge in [-0.2, -0.15) is 5.10 Å². The van der Waals surface area contributed by atoms with Crippen LogP contribution in [0.5, 0.6) is 5.75 Å². The van der Waals surface area contributed by atoms with E-state index < -0.39 is 12.1 Å². The minimum absolute atomic E-state index is 0.0742. The molecule has 0 bridgehead atoms. The molecule has 7 heteroatoms. The fourth-order valence-electron chi connectivity index (χ4n) is 3.72. The molecule has 1 aliphatic heterocycles. The van der Waals surface area contributed by atoms with Crippen molar-refractivity contribution in [2.24, 2.45) is 5.92 Å². The van der Waals surface area contributed by atoms with Crippen LogP contribution < -0.4 is 4.74 Å². The number of rotatable bonds is 7. The first-order chi connectivity index (χ1) is 13.6. The van der Waals surface area contributed by atoms with Crippen molar-refractivity contribution in [1.29, 1.82) is 0 Å². The average molecular weight is 383 g/mol. The molecule has 1 saturated carbocycles. The molecule has 2 heterocycles. The minimum atomic E-state index is -1.03. The predicted molar refractivity (Wildman–Crippen MR) is 102 cm³/mol. The topological polar surface area (TPSA) is 84.7 Å². The molecule has 1 atom stereocenters. The standard InChI is InChI=1S/C21H25N3O4/c1-2-18(28-15-6-4-3-5-7-15)20(25)23-11-10-17-16(13-23)19(21(26)27)22-24(17)12-14-8-9-14/h3-7,14,18H,2,8-13H2,1H3,(H,26,27). The number of hydrogen-bond donors (Lipinski definition) is 1. The SMILES string of the molecule is CCC(Oc1ccccc1)C(=O)N1CCc2c(c(C(=O)O)nn2CC2CC2)C1. The van der Waals surface area contributed by atoms with E-state index in [2.05, 4.69) is 5.10 Å². The Hall–Kier alpha value is -2.83. The van der Waals surface area contributed by atoms with Crippen LogP contribution in [0.15, 0.2) is 30.3 Å². The molecule has 0 spiro atoms. The molecule has 4 rings (SSSR count). The van der Waals surface area contributed by atoms with Gasteiger partial charge in [-0.15, -0.1) is 0 Å². The zero-order valence-electron chi connectivity index (χ0n) is 16.0. The van der Waals surface area contributed by atoms with Crippen molar-refractivity contribution in [2.45, 2.75) is 51.8 Å². The van der Waals surface area contributed by atoms with E-state index in [0.29, 0.717) is 36.6 Å². The first kappa shape index (κ1) is 18.5. The van der Waals surface area contributed by atoms with Crippen LogP contribution in [0.1, 0.15) is 47.9 Å². The maximum absolute atomic E-state index is 13.0. The normalized spacial score (nSPS) is 17.1. The van der Waals surface area contributed by atoms with Crippen molar-refractivity contribution in [3.8, 4) is 5.75 Å². The summed E-state index contributed by atoms with van der Waals surface area (Å²) in [6.07, 6.45) is 2.94. The number of nitrogens with zero attached hydrogens (tertiary/aromatic N) is 3. The molecule has 28 heavy (non-hydrogen) atoms. The van der Waals surface area contributed by atoms with E-state index in [1.165, 1.54) is 12.8 Å². The molecule has 1 N–H and O–H groups in total. The third-order valence-corrected chi connectivity index (χ3v) is 5.44. The van der Waals surface area contributed by atoms with E-state index in [1.807, 2.05) is 41.9 Å². The van der Waals surface area contributed by atoms with Crippen LogP contribution in [0.3, 0.4) is 0 Å². The molecule has 0 saturated heterocycles. The number of aromatic nitrogens is 2. The fourth-order valence-corrected chi connectivity index (χ4v) is 3.72. The third-order valence-electron chi connectivity index (χ3n) is 5.44. The number of amides is 1. The number of ether oxygens (including phenoxy) is 1. The van der Waals surface area contributed by atoms with Gasteiger partial charge in [0.05, 0.1) is 6.54 Å². The van der Waals surface area contributed by atoms with Crippen LogP contribution in [0, 0.1) is 5.92 Å². The van der Waals surface area contributed by atoms with E-state index in [9.17, 15) is 14.7 Å². The van der Waals surface area contributed by atoms with E-state index >= 15 is 0 Å². The lowest BCUT2D eigenvalue weighted by atomic mass is 10.0. The number of hydrogen-bond acceptors (Lipinski definition) is 4. The van der Waals surface area contributed by atoms with Gasteiger partial charge in [-0.25, -0.2) is 4.79 Å². The van der Waals surface area contributed by atoms with Gasteiger partial charge in [0.25, 0.3) is 5.91 Å². The Bertz CT molecular complexity index is 873. The number of aromatic carboxylic acids is 1. The van der Waals surface area contributed by atoms with Crippen LogP contribution in [-0.4, -0.2) is 44.3 Å². The molecule has 1 unspecified atom stereocenters. The molecule has 1 aromatic carbocycles. The van der Waals surface area contributed by atoms with Gasteiger partial charge in [-0.1, -0.05) is 25.1 Å². The highest BCUT2D eigenvalue weighted by Crippen LogP contribution is 2.33. The van der Waals surface area contributed by atoms with Gasteiger partial charge in [0.1, 0.15) is 5.75 Å². The zero-order valence-corrected chi connectivity index (χ0v) is 16.0. The predicted octanol–water partition coefficient (Wildman–Crippen LogP) is 2.73. The van der Waals surface area contributed by atoms with Crippen LogP contribution in [-0.2, 0) is 24.3 Å². The van der Waals surface area contributed by atoms with Gasteiger partial charge in [0.15, 0.2) is 11.8 Å². The van der Waals surface area contributed by atoms with Gasteiger partial charge in [0.2, 0.25) is 0 Å². The second-order valence-electron chi connectivity index (χ2n) is 7.54. The number of fused-ring (bicyclic) bond motifs is 1. The van der Waals surface area contributed by atoms with E-state index in [1.54, 1.807) is 4.90 Å².